The molecule has 2 fully saturated rings. The van der Waals surface area contributed by atoms with Crippen molar-refractivity contribution in [1.82, 2.24) is 14.9 Å². The van der Waals surface area contributed by atoms with Gasteiger partial charge in [-0.05, 0) is 32.2 Å². The van der Waals surface area contributed by atoms with Crippen LogP contribution < -0.4 is 15.6 Å². The van der Waals surface area contributed by atoms with Gasteiger partial charge in [0, 0.05) is 43.5 Å². The second-order valence-corrected chi connectivity index (χ2v) is 8.66. The molecule has 0 aromatic carbocycles. The summed E-state index contributed by atoms with van der Waals surface area (Å²) in [4.78, 5) is 31.0. The number of carboxylic acid groups (broad SMARTS) is 1. The molecule has 7 nitrogen and oxygen atoms in total. The van der Waals surface area contributed by atoms with Crippen LogP contribution in [0.25, 0.3) is 10.9 Å². The number of allylic oxidation sites excluding steroid dienone is 1. The molecule has 5 rings (SSSR count). The molecule has 29 heavy (non-hydrogen) atoms. The smallest absolute Gasteiger partial charge is 0.341 e. The number of hydrogen-bond acceptors (Lipinski definition) is 5. The van der Waals surface area contributed by atoms with Gasteiger partial charge in [0.2, 0.25) is 5.43 Å². The lowest BCUT2D eigenvalue weighted by atomic mass is 9.82. The minimum atomic E-state index is -1.22. The summed E-state index contributed by atoms with van der Waals surface area (Å²) in [6, 6.07) is 0.517. The first-order valence-electron chi connectivity index (χ1n) is 10.0. The maximum Gasteiger partial charge on any atom is 0.341 e. The summed E-state index contributed by atoms with van der Waals surface area (Å²) in [5, 5.41) is 13.5. The van der Waals surface area contributed by atoms with Crippen molar-refractivity contribution in [3.63, 3.8) is 0 Å². The Balaban J connectivity index is 1.61. The monoisotopic (exact) mass is 414 g/mol. The first-order chi connectivity index (χ1) is 14.0. The van der Waals surface area contributed by atoms with Gasteiger partial charge in [-0.1, -0.05) is 23.8 Å². The third kappa shape index (κ3) is 2.95. The fraction of sp³-hybridized carbons (Fsp3) is 0.476. The van der Waals surface area contributed by atoms with E-state index in [2.05, 4.69) is 27.4 Å². The van der Waals surface area contributed by atoms with Gasteiger partial charge in [0.05, 0.1) is 10.9 Å². The van der Waals surface area contributed by atoms with E-state index in [4.69, 9.17) is 11.6 Å². The average molecular weight is 415 g/mol. The number of nitrogens with zero attached hydrogens (tertiary/aromatic N) is 3. The number of fused-ring (bicyclic) bond motifs is 2. The highest BCUT2D eigenvalue weighted by molar-refractivity contribution is 6.37. The number of aromatic carboxylic acids is 1. The van der Waals surface area contributed by atoms with E-state index in [1.807, 2.05) is 11.6 Å². The number of aromatic nitrogens is 2. The van der Waals surface area contributed by atoms with Crippen molar-refractivity contribution in [1.29, 1.82) is 0 Å². The van der Waals surface area contributed by atoms with Crippen LogP contribution in [0, 0.1) is 11.8 Å². The molecule has 152 valence electrons. The minimum Gasteiger partial charge on any atom is -0.477 e. The van der Waals surface area contributed by atoms with Crippen molar-refractivity contribution < 1.29 is 9.90 Å². The SMILES string of the molecule is CN[C@@H]1C=CC[C@@H]2CN(c3ncc4c(=O)c(C(=O)O)cn(C5CC5)c4c3Cl)C[C@@H]21. The van der Waals surface area contributed by atoms with E-state index in [-0.39, 0.29) is 17.0 Å². The van der Waals surface area contributed by atoms with Gasteiger partial charge in [0.25, 0.3) is 0 Å². The standard InChI is InChI=1S/C21H23ClN4O3/c1-23-16-4-2-3-11-8-25(9-14(11)16)20-17(22)18-13(7-24-20)19(27)15(21(28)29)10-26(18)12-5-6-12/h2,4,7,10-12,14,16,23H,3,5-6,8-9H2,1H3,(H,28,29)/t11-,14+,16-/m1/s1. The molecule has 1 aliphatic heterocycles. The van der Waals surface area contributed by atoms with Crippen LogP contribution in [0.1, 0.15) is 35.7 Å². The van der Waals surface area contributed by atoms with E-state index in [9.17, 15) is 14.7 Å². The third-order valence-corrected chi connectivity index (χ3v) is 6.88. The van der Waals surface area contributed by atoms with Gasteiger partial charge in [0.15, 0.2) is 0 Å². The van der Waals surface area contributed by atoms with Crippen molar-refractivity contribution in [3.05, 3.63) is 45.4 Å². The summed E-state index contributed by atoms with van der Waals surface area (Å²) < 4.78 is 1.87. The van der Waals surface area contributed by atoms with E-state index in [1.165, 1.54) is 12.4 Å². The topological polar surface area (TPSA) is 87.5 Å². The molecule has 0 unspecified atom stereocenters. The molecule has 2 aromatic heterocycles. The van der Waals surface area contributed by atoms with Gasteiger partial charge in [0.1, 0.15) is 16.4 Å². The van der Waals surface area contributed by atoms with Gasteiger partial charge < -0.3 is 19.9 Å². The molecule has 2 N–H and O–H groups in total. The number of likely N-dealkylation sites (N-methyl/N-ethyl adjacent to an activating group) is 1. The fourth-order valence-electron chi connectivity index (χ4n) is 4.89. The average Bonchev–Trinajstić information content (AvgIpc) is 3.46. The molecule has 0 spiro atoms. The lowest BCUT2D eigenvalue weighted by molar-refractivity contribution is 0.0695. The van der Waals surface area contributed by atoms with E-state index >= 15 is 0 Å². The van der Waals surface area contributed by atoms with Crippen LogP contribution in [0.15, 0.2) is 29.3 Å². The number of nitrogens with one attached hydrogen (secondary N) is 1. The van der Waals surface area contributed by atoms with Crippen LogP contribution in [-0.4, -0.2) is 46.8 Å². The third-order valence-electron chi connectivity index (χ3n) is 6.53. The summed E-state index contributed by atoms with van der Waals surface area (Å²) in [5.41, 5.74) is -0.155. The largest absolute Gasteiger partial charge is 0.477 e. The quantitative estimate of drug-likeness (QED) is 0.748. The van der Waals surface area contributed by atoms with Crippen LogP contribution in [-0.2, 0) is 0 Å². The molecule has 2 aromatic rings. The van der Waals surface area contributed by atoms with Crippen molar-refractivity contribution in [2.24, 2.45) is 11.8 Å². The van der Waals surface area contributed by atoms with E-state index in [0.29, 0.717) is 34.2 Å². The molecule has 3 atom stereocenters. The predicted molar refractivity (Wildman–Crippen MR) is 112 cm³/mol. The van der Waals surface area contributed by atoms with Crippen LogP contribution in [0.3, 0.4) is 0 Å². The summed E-state index contributed by atoms with van der Waals surface area (Å²) in [6.07, 6.45) is 10.4. The minimum absolute atomic E-state index is 0.183. The number of carboxylic acids is 1. The number of pyridine rings is 2. The Labute approximate surface area is 173 Å². The molecule has 1 saturated heterocycles. The number of carbonyl (C=O) groups is 1. The normalized spacial score (nSPS) is 26.1. The summed E-state index contributed by atoms with van der Waals surface area (Å²) in [6.45, 7) is 1.71. The fourth-order valence-corrected chi connectivity index (χ4v) is 5.25. The van der Waals surface area contributed by atoms with Crippen molar-refractivity contribution >= 4 is 34.3 Å². The molecule has 0 amide bonds. The molecule has 1 saturated carbocycles. The lowest BCUT2D eigenvalue weighted by Crippen LogP contribution is -2.38. The first-order valence-corrected chi connectivity index (χ1v) is 10.4. The van der Waals surface area contributed by atoms with E-state index < -0.39 is 11.4 Å². The van der Waals surface area contributed by atoms with Crippen LogP contribution >= 0.6 is 11.6 Å². The molecule has 0 bridgehead atoms. The Morgan fingerprint density at radius 1 is 1.34 bits per heavy atom. The van der Waals surface area contributed by atoms with Gasteiger partial charge in [-0.25, -0.2) is 9.78 Å². The van der Waals surface area contributed by atoms with Gasteiger partial charge in [-0.2, -0.15) is 0 Å². The molecule has 2 aliphatic carbocycles. The van der Waals surface area contributed by atoms with E-state index in [0.717, 1.165) is 32.4 Å². The molecule has 3 aliphatic rings. The highest BCUT2D eigenvalue weighted by Crippen LogP contribution is 2.42. The molecule has 0 radical (unpaired) electrons. The zero-order valence-corrected chi connectivity index (χ0v) is 16.9. The Hall–Kier alpha value is -2.38. The summed E-state index contributed by atoms with van der Waals surface area (Å²) in [7, 11) is 1.98. The maximum absolute atomic E-state index is 12.7. The molecule has 3 heterocycles. The summed E-state index contributed by atoms with van der Waals surface area (Å²) in [5.74, 6) is 0.477. The molecular weight excluding hydrogens is 392 g/mol. The number of halogens is 1. The number of anilines is 1. The molecule has 8 heteroatoms. The van der Waals surface area contributed by atoms with Gasteiger partial charge in [-0.15, -0.1) is 0 Å². The Bertz CT molecular complexity index is 1090. The maximum atomic E-state index is 12.7. The van der Waals surface area contributed by atoms with Crippen molar-refractivity contribution in [3.8, 4) is 0 Å². The van der Waals surface area contributed by atoms with Crippen LogP contribution in [0.4, 0.5) is 5.82 Å². The zero-order valence-electron chi connectivity index (χ0n) is 16.1. The van der Waals surface area contributed by atoms with Gasteiger partial charge >= 0.3 is 5.97 Å². The zero-order chi connectivity index (χ0) is 20.3. The predicted octanol–water partition coefficient (Wildman–Crippen LogP) is 2.68. The second-order valence-electron chi connectivity index (χ2n) is 8.28. The van der Waals surface area contributed by atoms with Crippen molar-refractivity contribution in [2.45, 2.75) is 31.3 Å². The Morgan fingerprint density at radius 2 is 2.14 bits per heavy atom. The van der Waals surface area contributed by atoms with Crippen molar-refractivity contribution in [2.75, 3.05) is 25.0 Å². The summed E-state index contributed by atoms with van der Waals surface area (Å²) >= 11 is 6.83. The highest BCUT2D eigenvalue weighted by Gasteiger charge is 2.39. The van der Waals surface area contributed by atoms with E-state index in [1.54, 1.807) is 0 Å². The second kappa shape index (κ2) is 6.85. The van der Waals surface area contributed by atoms with Crippen LogP contribution in [0.5, 0.6) is 0 Å². The molecular formula is C21H23ClN4O3. The Morgan fingerprint density at radius 3 is 2.83 bits per heavy atom. The highest BCUT2D eigenvalue weighted by atomic mass is 35.5. The lowest BCUT2D eigenvalue weighted by Gasteiger charge is -2.28. The number of rotatable bonds is 4. The van der Waals surface area contributed by atoms with Crippen LogP contribution in [0.2, 0.25) is 5.02 Å². The Kier molecular flexibility index (Phi) is 4.40. The van der Waals surface area contributed by atoms with Gasteiger partial charge in [-0.3, -0.25) is 4.79 Å². The number of hydrogen-bond donors (Lipinski definition) is 2. The first kappa shape index (κ1) is 18.6.